The Morgan fingerprint density at radius 1 is 1.15 bits per heavy atom. The minimum absolute atomic E-state index is 0.0918. The monoisotopic (exact) mass is 453 g/mol. The third kappa shape index (κ3) is 6.13. The molecule has 3 rings (SSSR count). The molecule has 0 radical (unpaired) electrons. The number of nitrogens with one attached hydrogen (secondary N) is 2. The van der Waals surface area contributed by atoms with Gasteiger partial charge in [-0.3, -0.25) is 24.5 Å². The molecule has 1 heterocycles. The van der Waals surface area contributed by atoms with E-state index in [1.54, 1.807) is 0 Å². The predicted octanol–water partition coefficient (Wildman–Crippen LogP) is 1.60. The molecular formula is C23H27N5O5. The summed E-state index contributed by atoms with van der Waals surface area (Å²) in [6.45, 7) is 1.96. The van der Waals surface area contributed by atoms with E-state index in [1.165, 1.54) is 36.1 Å². The number of nitrogens with two attached hydrogens (primary N) is 1. The number of nitro groups is 1. The van der Waals surface area contributed by atoms with Gasteiger partial charge < -0.3 is 21.3 Å². The summed E-state index contributed by atoms with van der Waals surface area (Å²) in [5.41, 5.74) is 7.35. The number of hydrogen-bond acceptors (Lipinski definition) is 6. The van der Waals surface area contributed by atoms with Crippen LogP contribution in [-0.2, 0) is 20.8 Å². The van der Waals surface area contributed by atoms with Crippen LogP contribution in [0.5, 0.6) is 0 Å². The van der Waals surface area contributed by atoms with Crippen LogP contribution in [0, 0.1) is 10.1 Å². The molecule has 2 aromatic rings. The van der Waals surface area contributed by atoms with Gasteiger partial charge in [-0.05, 0) is 43.9 Å². The van der Waals surface area contributed by atoms with E-state index in [2.05, 4.69) is 10.6 Å². The van der Waals surface area contributed by atoms with E-state index in [0.717, 1.165) is 5.56 Å². The zero-order valence-electron chi connectivity index (χ0n) is 18.3. The van der Waals surface area contributed by atoms with Gasteiger partial charge in [0.1, 0.15) is 12.1 Å². The molecule has 10 nitrogen and oxygen atoms in total. The molecule has 1 fully saturated rings. The summed E-state index contributed by atoms with van der Waals surface area (Å²) in [6.07, 6.45) is 1.54. The fraction of sp³-hybridized carbons (Fsp3) is 0.348. The molecule has 0 saturated carbocycles. The SMILES string of the molecule is C[C@H](NC(=O)[C@@H]1CCCN1C(=O)[C@@H](N)Cc1ccccc1)C(=O)Nc1ccc([N+](=O)[O-])cc1. The molecule has 2 aromatic carbocycles. The number of rotatable bonds is 8. The summed E-state index contributed by atoms with van der Waals surface area (Å²) in [4.78, 5) is 49.9. The van der Waals surface area contributed by atoms with Crippen molar-refractivity contribution in [2.75, 3.05) is 11.9 Å². The van der Waals surface area contributed by atoms with Crippen molar-refractivity contribution in [2.24, 2.45) is 5.73 Å². The number of nitro benzene ring substituents is 1. The number of benzene rings is 2. The minimum Gasteiger partial charge on any atom is -0.343 e. The van der Waals surface area contributed by atoms with Gasteiger partial charge in [-0.15, -0.1) is 0 Å². The van der Waals surface area contributed by atoms with Crippen LogP contribution < -0.4 is 16.4 Å². The van der Waals surface area contributed by atoms with E-state index in [0.29, 0.717) is 31.5 Å². The van der Waals surface area contributed by atoms with Crippen molar-refractivity contribution in [1.82, 2.24) is 10.2 Å². The zero-order valence-corrected chi connectivity index (χ0v) is 18.3. The predicted molar refractivity (Wildman–Crippen MR) is 122 cm³/mol. The number of non-ortho nitro benzene ring substituents is 1. The molecule has 4 N–H and O–H groups in total. The summed E-state index contributed by atoms with van der Waals surface area (Å²) in [5, 5.41) is 16.0. The maximum atomic E-state index is 12.9. The van der Waals surface area contributed by atoms with E-state index in [9.17, 15) is 24.5 Å². The number of anilines is 1. The Labute approximate surface area is 191 Å². The normalized spacial score (nSPS) is 17.2. The van der Waals surface area contributed by atoms with Crippen LogP contribution in [0.1, 0.15) is 25.3 Å². The van der Waals surface area contributed by atoms with Gasteiger partial charge >= 0.3 is 0 Å². The number of likely N-dealkylation sites (tertiary alicyclic amines) is 1. The van der Waals surface area contributed by atoms with E-state index in [-0.39, 0.29) is 11.6 Å². The number of nitrogens with zero attached hydrogens (tertiary/aromatic N) is 2. The Bertz CT molecular complexity index is 1010. The number of carbonyl (C=O) groups excluding carboxylic acids is 3. The molecule has 0 bridgehead atoms. The zero-order chi connectivity index (χ0) is 24.0. The maximum Gasteiger partial charge on any atom is 0.269 e. The van der Waals surface area contributed by atoms with Gasteiger partial charge in [0.2, 0.25) is 17.7 Å². The number of carbonyl (C=O) groups is 3. The lowest BCUT2D eigenvalue weighted by Gasteiger charge is -2.27. The van der Waals surface area contributed by atoms with Crippen LogP contribution in [0.4, 0.5) is 11.4 Å². The molecule has 1 aliphatic heterocycles. The Morgan fingerprint density at radius 2 is 1.82 bits per heavy atom. The van der Waals surface area contributed by atoms with Crippen LogP contribution >= 0.6 is 0 Å². The first-order valence-electron chi connectivity index (χ1n) is 10.7. The molecule has 33 heavy (non-hydrogen) atoms. The van der Waals surface area contributed by atoms with Crippen LogP contribution in [0.15, 0.2) is 54.6 Å². The molecule has 10 heteroatoms. The van der Waals surface area contributed by atoms with Gasteiger partial charge in [-0.2, -0.15) is 0 Å². The van der Waals surface area contributed by atoms with Crippen molar-refractivity contribution < 1.29 is 19.3 Å². The van der Waals surface area contributed by atoms with E-state index < -0.39 is 34.9 Å². The fourth-order valence-corrected chi connectivity index (χ4v) is 3.76. The third-order valence-electron chi connectivity index (χ3n) is 5.55. The van der Waals surface area contributed by atoms with Gasteiger partial charge in [0.25, 0.3) is 5.69 Å². The smallest absolute Gasteiger partial charge is 0.269 e. The molecule has 0 aromatic heterocycles. The van der Waals surface area contributed by atoms with Crippen molar-refractivity contribution in [3.05, 3.63) is 70.3 Å². The van der Waals surface area contributed by atoms with Gasteiger partial charge in [0.05, 0.1) is 11.0 Å². The standard InChI is InChI=1S/C23H27N5O5/c1-15(21(29)26-17-9-11-18(12-10-17)28(32)33)25-22(30)20-8-5-13-27(20)23(31)19(24)14-16-6-3-2-4-7-16/h2-4,6-7,9-12,15,19-20H,5,8,13-14,24H2,1H3,(H,25,30)(H,26,29)/t15-,19-,20-/m0/s1. The Hall–Kier alpha value is -3.79. The first-order valence-corrected chi connectivity index (χ1v) is 10.7. The first-order chi connectivity index (χ1) is 15.8. The summed E-state index contributed by atoms with van der Waals surface area (Å²) < 4.78 is 0. The van der Waals surface area contributed by atoms with Crippen molar-refractivity contribution in [3.8, 4) is 0 Å². The molecule has 0 unspecified atom stereocenters. The number of hydrogen-bond donors (Lipinski definition) is 3. The molecule has 3 amide bonds. The second-order valence-electron chi connectivity index (χ2n) is 8.01. The molecule has 3 atom stereocenters. The van der Waals surface area contributed by atoms with E-state index in [4.69, 9.17) is 5.73 Å². The summed E-state index contributed by atoms with van der Waals surface area (Å²) in [6, 6.07) is 12.5. The molecular weight excluding hydrogens is 426 g/mol. The molecule has 1 aliphatic rings. The second-order valence-corrected chi connectivity index (χ2v) is 8.01. The van der Waals surface area contributed by atoms with Crippen LogP contribution in [0.2, 0.25) is 0 Å². The van der Waals surface area contributed by atoms with E-state index >= 15 is 0 Å². The van der Waals surface area contributed by atoms with Gasteiger partial charge in [-0.25, -0.2) is 0 Å². The van der Waals surface area contributed by atoms with Gasteiger partial charge in [0.15, 0.2) is 0 Å². The van der Waals surface area contributed by atoms with Crippen LogP contribution in [0.3, 0.4) is 0 Å². The van der Waals surface area contributed by atoms with Crippen molar-refractivity contribution in [1.29, 1.82) is 0 Å². The largest absolute Gasteiger partial charge is 0.343 e. The Kier molecular flexibility index (Phi) is 7.73. The van der Waals surface area contributed by atoms with E-state index in [1.807, 2.05) is 30.3 Å². The Morgan fingerprint density at radius 3 is 2.45 bits per heavy atom. The van der Waals surface area contributed by atoms with Crippen molar-refractivity contribution >= 4 is 29.1 Å². The summed E-state index contributed by atoms with van der Waals surface area (Å²) >= 11 is 0. The average molecular weight is 453 g/mol. The molecule has 1 saturated heterocycles. The quantitative estimate of drug-likeness (QED) is 0.408. The molecule has 0 aliphatic carbocycles. The van der Waals surface area contributed by atoms with Crippen molar-refractivity contribution in [3.63, 3.8) is 0 Å². The Balaban J connectivity index is 1.55. The maximum absolute atomic E-state index is 12.9. The molecule has 174 valence electrons. The van der Waals surface area contributed by atoms with Crippen molar-refractivity contribution in [2.45, 2.75) is 44.3 Å². The third-order valence-corrected chi connectivity index (χ3v) is 5.55. The lowest BCUT2D eigenvalue weighted by molar-refractivity contribution is -0.384. The first kappa shape index (κ1) is 23.9. The summed E-state index contributed by atoms with van der Waals surface area (Å²) in [7, 11) is 0. The highest BCUT2D eigenvalue weighted by Gasteiger charge is 2.37. The van der Waals surface area contributed by atoms with Gasteiger partial charge in [-0.1, -0.05) is 30.3 Å². The highest BCUT2D eigenvalue weighted by molar-refractivity contribution is 5.98. The number of amides is 3. The lowest BCUT2D eigenvalue weighted by Crippen LogP contribution is -2.54. The molecule has 0 spiro atoms. The average Bonchev–Trinajstić information content (AvgIpc) is 3.29. The lowest BCUT2D eigenvalue weighted by atomic mass is 10.1. The topological polar surface area (TPSA) is 148 Å². The van der Waals surface area contributed by atoms with Gasteiger partial charge in [0, 0.05) is 24.4 Å². The summed E-state index contributed by atoms with van der Waals surface area (Å²) in [5.74, 6) is -1.19. The van der Waals surface area contributed by atoms with Crippen LogP contribution in [-0.4, -0.2) is 52.2 Å². The second kappa shape index (κ2) is 10.7. The fourth-order valence-electron chi connectivity index (χ4n) is 3.76. The minimum atomic E-state index is -0.872. The van der Waals surface area contributed by atoms with Crippen LogP contribution in [0.25, 0.3) is 0 Å². The highest BCUT2D eigenvalue weighted by Crippen LogP contribution is 2.20. The highest BCUT2D eigenvalue weighted by atomic mass is 16.6.